The minimum atomic E-state index is 0.370. The topological polar surface area (TPSA) is 15.3 Å². The minimum absolute atomic E-state index is 0.370. The molecular weight excluding hydrogens is 232 g/mol. The Morgan fingerprint density at radius 3 is 2.58 bits per heavy atom. The Kier molecular flexibility index (Phi) is 5.30. The van der Waals surface area contributed by atoms with Crippen molar-refractivity contribution in [1.29, 1.82) is 0 Å². The lowest BCUT2D eigenvalue weighted by molar-refractivity contribution is 0.0238. The fourth-order valence-electron chi connectivity index (χ4n) is 4.17. The summed E-state index contributed by atoms with van der Waals surface area (Å²) >= 11 is 0. The number of nitrogens with zero attached hydrogens (tertiary/aromatic N) is 1. The van der Waals surface area contributed by atoms with Gasteiger partial charge in [0.05, 0.1) is 0 Å². The SMILES string of the molecule is CCNC(C)C(C)(C)CN1CCC[C@H]2CCCC[C@H]21. The van der Waals surface area contributed by atoms with Crippen LogP contribution >= 0.6 is 0 Å². The van der Waals surface area contributed by atoms with Crippen LogP contribution in [0.15, 0.2) is 0 Å². The van der Waals surface area contributed by atoms with E-state index < -0.39 is 0 Å². The van der Waals surface area contributed by atoms with Gasteiger partial charge in [0.2, 0.25) is 0 Å². The lowest BCUT2D eigenvalue weighted by Gasteiger charge is -2.48. The highest BCUT2D eigenvalue weighted by atomic mass is 15.2. The number of piperidine rings is 1. The van der Waals surface area contributed by atoms with E-state index >= 15 is 0 Å². The molecule has 0 radical (unpaired) electrons. The number of likely N-dealkylation sites (tertiary alicyclic amines) is 1. The Hall–Kier alpha value is -0.0800. The van der Waals surface area contributed by atoms with Gasteiger partial charge in [-0.1, -0.05) is 33.6 Å². The van der Waals surface area contributed by atoms with Gasteiger partial charge in [-0.25, -0.2) is 0 Å². The first-order chi connectivity index (χ1) is 9.04. The number of rotatable bonds is 5. The first-order valence-electron chi connectivity index (χ1n) is 8.52. The Balaban J connectivity index is 1.96. The third kappa shape index (κ3) is 3.72. The zero-order valence-corrected chi connectivity index (χ0v) is 13.5. The second kappa shape index (κ2) is 6.58. The van der Waals surface area contributed by atoms with Crippen LogP contribution in [-0.2, 0) is 0 Å². The van der Waals surface area contributed by atoms with E-state index in [1.807, 2.05) is 0 Å². The maximum Gasteiger partial charge on any atom is 0.0124 e. The van der Waals surface area contributed by atoms with E-state index in [2.05, 4.69) is 37.9 Å². The minimum Gasteiger partial charge on any atom is -0.314 e. The summed E-state index contributed by atoms with van der Waals surface area (Å²) in [7, 11) is 0. The summed E-state index contributed by atoms with van der Waals surface area (Å²) in [5, 5.41) is 3.62. The normalized spacial score (nSPS) is 30.9. The van der Waals surface area contributed by atoms with Gasteiger partial charge in [-0.05, 0) is 57.0 Å². The van der Waals surface area contributed by atoms with Crippen LogP contribution in [0.4, 0.5) is 0 Å². The van der Waals surface area contributed by atoms with E-state index in [1.54, 1.807) is 0 Å². The van der Waals surface area contributed by atoms with Crippen molar-refractivity contribution >= 4 is 0 Å². The van der Waals surface area contributed by atoms with Crippen molar-refractivity contribution in [3.05, 3.63) is 0 Å². The van der Waals surface area contributed by atoms with Crippen LogP contribution in [0.5, 0.6) is 0 Å². The van der Waals surface area contributed by atoms with E-state index in [0.717, 1.165) is 18.5 Å². The fourth-order valence-corrected chi connectivity index (χ4v) is 4.17. The fraction of sp³-hybridized carbons (Fsp3) is 1.00. The molecule has 1 aliphatic heterocycles. The average molecular weight is 266 g/mol. The highest BCUT2D eigenvalue weighted by Crippen LogP contribution is 2.37. The quantitative estimate of drug-likeness (QED) is 0.817. The van der Waals surface area contributed by atoms with Gasteiger partial charge in [0.25, 0.3) is 0 Å². The summed E-state index contributed by atoms with van der Waals surface area (Å²) < 4.78 is 0. The van der Waals surface area contributed by atoms with E-state index in [-0.39, 0.29) is 0 Å². The van der Waals surface area contributed by atoms with Crippen LogP contribution in [0.3, 0.4) is 0 Å². The molecule has 2 nitrogen and oxygen atoms in total. The van der Waals surface area contributed by atoms with Crippen molar-refractivity contribution in [3.8, 4) is 0 Å². The average Bonchev–Trinajstić information content (AvgIpc) is 2.39. The molecule has 2 rings (SSSR count). The molecule has 19 heavy (non-hydrogen) atoms. The van der Waals surface area contributed by atoms with Gasteiger partial charge in [-0.2, -0.15) is 0 Å². The molecule has 0 aromatic heterocycles. The van der Waals surface area contributed by atoms with E-state index in [1.165, 1.54) is 51.6 Å². The maximum absolute atomic E-state index is 3.62. The van der Waals surface area contributed by atoms with E-state index in [4.69, 9.17) is 0 Å². The Morgan fingerprint density at radius 2 is 1.84 bits per heavy atom. The smallest absolute Gasteiger partial charge is 0.0124 e. The van der Waals surface area contributed by atoms with Crippen molar-refractivity contribution < 1.29 is 0 Å². The first kappa shape index (κ1) is 15.3. The molecule has 0 bridgehead atoms. The van der Waals surface area contributed by atoms with Crippen LogP contribution in [0.1, 0.15) is 66.2 Å². The molecule has 1 saturated heterocycles. The van der Waals surface area contributed by atoms with Gasteiger partial charge >= 0.3 is 0 Å². The Labute approximate surface area is 120 Å². The number of hydrogen-bond donors (Lipinski definition) is 1. The molecule has 112 valence electrons. The summed E-state index contributed by atoms with van der Waals surface area (Å²) in [4.78, 5) is 2.83. The summed E-state index contributed by atoms with van der Waals surface area (Å²) in [6.45, 7) is 13.1. The molecule has 0 amide bonds. The van der Waals surface area contributed by atoms with E-state index in [0.29, 0.717) is 11.5 Å². The molecule has 1 aliphatic carbocycles. The molecule has 2 fully saturated rings. The van der Waals surface area contributed by atoms with Crippen molar-refractivity contribution in [2.75, 3.05) is 19.6 Å². The third-order valence-corrected chi connectivity index (χ3v) is 5.65. The molecule has 1 unspecified atom stereocenters. The maximum atomic E-state index is 3.62. The van der Waals surface area contributed by atoms with Crippen molar-refractivity contribution in [2.45, 2.75) is 78.3 Å². The Bertz CT molecular complexity index is 272. The molecule has 3 atom stereocenters. The highest BCUT2D eigenvalue weighted by Gasteiger charge is 2.37. The molecule has 2 heteroatoms. The number of hydrogen-bond acceptors (Lipinski definition) is 2. The van der Waals surface area contributed by atoms with Gasteiger partial charge in [0.1, 0.15) is 0 Å². The predicted molar refractivity (Wildman–Crippen MR) is 83.5 cm³/mol. The number of fused-ring (bicyclic) bond motifs is 1. The van der Waals surface area contributed by atoms with Crippen LogP contribution in [0.2, 0.25) is 0 Å². The van der Waals surface area contributed by atoms with Crippen LogP contribution in [0.25, 0.3) is 0 Å². The van der Waals surface area contributed by atoms with E-state index in [9.17, 15) is 0 Å². The largest absolute Gasteiger partial charge is 0.314 e. The highest BCUT2D eigenvalue weighted by molar-refractivity contribution is 4.92. The molecule has 0 spiro atoms. The van der Waals surface area contributed by atoms with Gasteiger partial charge in [0.15, 0.2) is 0 Å². The summed E-state index contributed by atoms with van der Waals surface area (Å²) in [5.74, 6) is 1.01. The zero-order chi connectivity index (χ0) is 13.9. The first-order valence-corrected chi connectivity index (χ1v) is 8.52. The zero-order valence-electron chi connectivity index (χ0n) is 13.5. The Morgan fingerprint density at radius 1 is 1.16 bits per heavy atom. The van der Waals surface area contributed by atoms with Crippen LogP contribution in [0, 0.1) is 11.3 Å². The van der Waals surface area contributed by atoms with Gasteiger partial charge < -0.3 is 5.32 Å². The summed E-state index contributed by atoms with van der Waals surface area (Å²) in [5.41, 5.74) is 0.370. The molecular formula is C17H34N2. The number of nitrogens with one attached hydrogen (secondary N) is 1. The predicted octanol–water partition coefficient (Wildman–Crippen LogP) is 3.67. The van der Waals surface area contributed by atoms with Gasteiger partial charge in [0, 0.05) is 18.6 Å². The molecule has 1 saturated carbocycles. The second-order valence-corrected chi connectivity index (χ2v) is 7.49. The summed E-state index contributed by atoms with van der Waals surface area (Å²) in [6, 6.07) is 1.50. The van der Waals surface area contributed by atoms with Crippen LogP contribution < -0.4 is 5.32 Å². The van der Waals surface area contributed by atoms with Crippen molar-refractivity contribution in [3.63, 3.8) is 0 Å². The summed E-state index contributed by atoms with van der Waals surface area (Å²) in [6.07, 6.45) is 8.80. The third-order valence-electron chi connectivity index (χ3n) is 5.65. The molecule has 0 aromatic carbocycles. The lowest BCUT2D eigenvalue weighted by Crippen LogP contribution is -2.53. The van der Waals surface area contributed by atoms with Crippen molar-refractivity contribution in [1.82, 2.24) is 10.2 Å². The molecule has 1 N–H and O–H groups in total. The molecule has 1 heterocycles. The second-order valence-electron chi connectivity index (χ2n) is 7.49. The van der Waals surface area contributed by atoms with Crippen LogP contribution in [-0.4, -0.2) is 36.6 Å². The standard InChI is InChI=1S/C17H34N2/c1-5-18-14(2)17(3,4)13-19-12-8-10-15-9-6-7-11-16(15)19/h14-16,18H,5-13H2,1-4H3/t14?,15-,16-/m1/s1. The monoisotopic (exact) mass is 266 g/mol. The van der Waals surface area contributed by atoms with Crippen molar-refractivity contribution in [2.24, 2.45) is 11.3 Å². The van der Waals surface area contributed by atoms with Gasteiger partial charge in [-0.3, -0.25) is 4.90 Å². The lowest BCUT2D eigenvalue weighted by atomic mass is 9.76. The molecule has 0 aromatic rings. The molecule has 2 aliphatic rings. The van der Waals surface area contributed by atoms with Gasteiger partial charge in [-0.15, -0.1) is 0 Å².